The SMILES string of the molecule is COc1cccc(Oc2n[c]co2)c1OC. The quantitative estimate of drug-likeness (QED) is 0.791. The first-order valence-corrected chi connectivity index (χ1v) is 4.55. The lowest BCUT2D eigenvalue weighted by atomic mass is 10.3. The maximum atomic E-state index is 5.37. The Bertz CT molecular complexity index is 453. The van der Waals surface area contributed by atoms with E-state index in [9.17, 15) is 0 Å². The molecule has 16 heavy (non-hydrogen) atoms. The van der Waals surface area contributed by atoms with Crippen LogP contribution in [0.25, 0.3) is 0 Å². The van der Waals surface area contributed by atoms with Gasteiger partial charge in [0, 0.05) is 0 Å². The summed E-state index contributed by atoms with van der Waals surface area (Å²) < 4.78 is 20.6. The van der Waals surface area contributed by atoms with Gasteiger partial charge in [0.15, 0.2) is 11.5 Å². The van der Waals surface area contributed by atoms with Crippen molar-refractivity contribution < 1.29 is 18.6 Å². The molecule has 1 aromatic carbocycles. The maximum Gasteiger partial charge on any atom is 0.399 e. The molecule has 0 N–H and O–H groups in total. The number of hydrogen-bond acceptors (Lipinski definition) is 5. The fraction of sp³-hybridized carbons (Fsp3) is 0.182. The summed E-state index contributed by atoms with van der Waals surface area (Å²) >= 11 is 0. The third kappa shape index (κ3) is 1.93. The monoisotopic (exact) mass is 220 g/mol. The van der Waals surface area contributed by atoms with Gasteiger partial charge in [-0.3, -0.25) is 0 Å². The molecule has 0 atom stereocenters. The molecule has 0 saturated heterocycles. The first kappa shape index (κ1) is 10.4. The van der Waals surface area contributed by atoms with Crippen LogP contribution in [0.1, 0.15) is 0 Å². The fourth-order valence-corrected chi connectivity index (χ4v) is 1.26. The lowest BCUT2D eigenvalue weighted by Gasteiger charge is -2.10. The molecular weight excluding hydrogens is 210 g/mol. The second-order valence-electron chi connectivity index (χ2n) is 2.84. The van der Waals surface area contributed by atoms with Gasteiger partial charge < -0.3 is 18.6 Å². The first-order valence-electron chi connectivity index (χ1n) is 4.55. The maximum absolute atomic E-state index is 5.37. The molecule has 83 valence electrons. The number of ether oxygens (including phenoxy) is 3. The van der Waals surface area contributed by atoms with Gasteiger partial charge in [0.1, 0.15) is 12.5 Å². The first-order chi connectivity index (χ1) is 7.85. The molecule has 1 radical (unpaired) electrons. The summed E-state index contributed by atoms with van der Waals surface area (Å²) in [5.41, 5.74) is 0. The molecule has 0 amide bonds. The molecule has 2 rings (SSSR count). The molecule has 0 spiro atoms. The Morgan fingerprint density at radius 3 is 2.62 bits per heavy atom. The van der Waals surface area contributed by atoms with E-state index in [0.717, 1.165) is 0 Å². The number of oxazole rings is 1. The van der Waals surface area contributed by atoms with Gasteiger partial charge in [-0.15, -0.1) is 0 Å². The van der Waals surface area contributed by atoms with Gasteiger partial charge in [-0.1, -0.05) is 6.07 Å². The number of rotatable bonds is 4. The van der Waals surface area contributed by atoms with Crippen LogP contribution in [0.15, 0.2) is 28.9 Å². The Morgan fingerprint density at radius 1 is 1.19 bits per heavy atom. The second-order valence-corrected chi connectivity index (χ2v) is 2.84. The molecule has 2 aromatic rings. The molecule has 5 heteroatoms. The summed E-state index contributed by atoms with van der Waals surface area (Å²) in [4.78, 5) is 3.73. The fourth-order valence-electron chi connectivity index (χ4n) is 1.26. The number of hydrogen-bond donors (Lipinski definition) is 0. The predicted molar refractivity (Wildman–Crippen MR) is 55.0 cm³/mol. The zero-order chi connectivity index (χ0) is 11.4. The van der Waals surface area contributed by atoms with Crippen LogP contribution in [0, 0.1) is 6.20 Å². The summed E-state index contributed by atoms with van der Waals surface area (Å²) in [6.45, 7) is 0. The topological polar surface area (TPSA) is 53.7 Å². The minimum absolute atomic E-state index is 0.103. The number of benzene rings is 1. The largest absolute Gasteiger partial charge is 0.493 e. The Kier molecular flexibility index (Phi) is 2.95. The van der Waals surface area contributed by atoms with E-state index in [1.807, 2.05) is 0 Å². The van der Waals surface area contributed by atoms with Crippen LogP contribution >= 0.6 is 0 Å². The van der Waals surface area contributed by atoms with Crippen molar-refractivity contribution in [2.45, 2.75) is 0 Å². The lowest BCUT2D eigenvalue weighted by molar-refractivity contribution is 0.299. The second kappa shape index (κ2) is 4.57. The Labute approximate surface area is 92.6 Å². The van der Waals surface area contributed by atoms with Crippen molar-refractivity contribution in [3.63, 3.8) is 0 Å². The molecule has 0 aliphatic heterocycles. The number of nitrogens with zero attached hydrogens (tertiary/aromatic N) is 1. The highest BCUT2D eigenvalue weighted by Crippen LogP contribution is 2.38. The van der Waals surface area contributed by atoms with E-state index in [-0.39, 0.29) is 6.08 Å². The molecule has 1 aromatic heterocycles. The molecule has 0 fully saturated rings. The van der Waals surface area contributed by atoms with Gasteiger partial charge in [0.2, 0.25) is 5.75 Å². The molecule has 0 aliphatic rings. The normalized spacial score (nSPS) is 9.88. The van der Waals surface area contributed by atoms with Gasteiger partial charge in [-0.25, -0.2) is 0 Å². The van der Waals surface area contributed by atoms with Crippen molar-refractivity contribution in [1.82, 2.24) is 4.98 Å². The third-order valence-electron chi connectivity index (χ3n) is 1.93. The highest BCUT2D eigenvalue weighted by Gasteiger charge is 2.12. The van der Waals surface area contributed by atoms with Crippen molar-refractivity contribution in [3.8, 4) is 23.3 Å². The van der Waals surface area contributed by atoms with Gasteiger partial charge in [-0.05, 0) is 12.1 Å². The minimum Gasteiger partial charge on any atom is -0.493 e. The molecule has 0 bridgehead atoms. The van der Waals surface area contributed by atoms with E-state index in [0.29, 0.717) is 17.2 Å². The van der Waals surface area contributed by atoms with Crippen molar-refractivity contribution in [2.24, 2.45) is 0 Å². The highest BCUT2D eigenvalue weighted by atomic mass is 16.6. The molecular formula is C11H10NO4. The molecule has 0 saturated carbocycles. The average Bonchev–Trinajstić information content (AvgIpc) is 2.81. The lowest BCUT2D eigenvalue weighted by Crippen LogP contribution is -1.94. The van der Waals surface area contributed by atoms with Crippen LogP contribution in [0.4, 0.5) is 0 Å². The standard InChI is InChI=1S/C11H10NO4/c1-13-8-4-3-5-9(10(8)14-2)16-11-12-6-7-15-11/h3-5,7H,1-2H3. The van der Waals surface area contributed by atoms with Crippen molar-refractivity contribution in [3.05, 3.63) is 30.7 Å². The zero-order valence-electron chi connectivity index (χ0n) is 8.89. The number of methoxy groups -OCH3 is 2. The van der Waals surface area contributed by atoms with Gasteiger partial charge in [-0.2, -0.15) is 4.98 Å². The van der Waals surface area contributed by atoms with Crippen molar-refractivity contribution in [2.75, 3.05) is 14.2 Å². The summed E-state index contributed by atoms with van der Waals surface area (Å²) in [5.74, 6) is 1.54. The molecule has 5 nitrogen and oxygen atoms in total. The predicted octanol–water partition coefficient (Wildman–Crippen LogP) is 2.28. The Hall–Kier alpha value is -2.17. The Morgan fingerprint density at radius 2 is 2.00 bits per heavy atom. The van der Waals surface area contributed by atoms with Gasteiger partial charge >= 0.3 is 6.08 Å². The average molecular weight is 220 g/mol. The Balaban J connectivity index is 2.33. The minimum atomic E-state index is 0.103. The smallest absolute Gasteiger partial charge is 0.399 e. The van der Waals surface area contributed by atoms with Crippen LogP contribution in [0.3, 0.4) is 0 Å². The molecule has 0 aliphatic carbocycles. The number of aromatic nitrogens is 1. The van der Waals surface area contributed by atoms with Crippen molar-refractivity contribution in [1.29, 1.82) is 0 Å². The van der Waals surface area contributed by atoms with Crippen LogP contribution in [0.5, 0.6) is 23.3 Å². The van der Waals surface area contributed by atoms with Gasteiger partial charge in [0.25, 0.3) is 0 Å². The van der Waals surface area contributed by atoms with E-state index >= 15 is 0 Å². The van der Waals surface area contributed by atoms with Crippen LogP contribution < -0.4 is 14.2 Å². The summed E-state index contributed by atoms with van der Waals surface area (Å²) in [7, 11) is 3.09. The van der Waals surface area contributed by atoms with E-state index in [1.54, 1.807) is 25.3 Å². The summed E-state index contributed by atoms with van der Waals surface area (Å²) in [5, 5.41) is 0. The van der Waals surface area contributed by atoms with E-state index in [1.165, 1.54) is 13.4 Å². The van der Waals surface area contributed by atoms with Crippen molar-refractivity contribution >= 4 is 0 Å². The van der Waals surface area contributed by atoms with Gasteiger partial charge in [0.05, 0.1) is 14.2 Å². The van der Waals surface area contributed by atoms with E-state index in [4.69, 9.17) is 18.6 Å². The third-order valence-corrected chi connectivity index (χ3v) is 1.93. The molecule has 1 heterocycles. The molecule has 0 unspecified atom stereocenters. The highest BCUT2D eigenvalue weighted by molar-refractivity contribution is 5.51. The summed E-state index contributed by atoms with van der Waals surface area (Å²) in [6, 6.07) is 5.28. The van der Waals surface area contributed by atoms with E-state index in [2.05, 4.69) is 11.2 Å². The van der Waals surface area contributed by atoms with E-state index < -0.39 is 0 Å². The zero-order valence-corrected chi connectivity index (χ0v) is 8.89. The van der Waals surface area contributed by atoms with Crippen LogP contribution in [-0.4, -0.2) is 19.2 Å². The summed E-state index contributed by atoms with van der Waals surface area (Å²) in [6.07, 6.45) is 3.91. The van der Waals surface area contributed by atoms with Crippen LogP contribution in [-0.2, 0) is 0 Å². The number of para-hydroxylation sites is 1. The van der Waals surface area contributed by atoms with Crippen LogP contribution in [0.2, 0.25) is 0 Å².